The summed E-state index contributed by atoms with van der Waals surface area (Å²) >= 11 is 0. The highest BCUT2D eigenvalue weighted by Crippen LogP contribution is 2.19. The van der Waals surface area contributed by atoms with Crippen molar-refractivity contribution < 1.29 is 4.74 Å². The van der Waals surface area contributed by atoms with Crippen LogP contribution in [0.5, 0.6) is 5.75 Å². The highest BCUT2D eigenvalue weighted by Gasteiger charge is 2.17. The van der Waals surface area contributed by atoms with Crippen LogP contribution in [0.4, 0.5) is 0 Å². The Labute approximate surface area is 121 Å². The molecule has 0 bridgehead atoms. The molecule has 0 spiro atoms. The van der Waals surface area contributed by atoms with Crippen LogP contribution >= 0.6 is 0 Å². The van der Waals surface area contributed by atoms with E-state index < -0.39 is 0 Å². The Morgan fingerprint density at radius 1 is 1.38 bits per heavy atom. The molecule has 0 radical (unpaired) electrons. The van der Waals surface area contributed by atoms with Crippen LogP contribution in [0.1, 0.15) is 12.8 Å². The average Bonchev–Trinajstić information content (AvgIpc) is 2.52. The largest absolute Gasteiger partial charge is 0.495 e. The van der Waals surface area contributed by atoms with Crippen LogP contribution in [-0.4, -0.2) is 29.8 Å². The van der Waals surface area contributed by atoms with E-state index in [1.807, 2.05) is 0 Å². The van der Waals surface area contributed by atoms with Gasteiger partial charge in [-0.25, -0.2) is 4.79 Å². The number of benzene rings is 1. The first-order valence-corrected chi connectivity index (χ1v) is 7.21. The number of piperidine rings is 1. The third kappa shape index (κ3) is 2.58. The maximum atomic E-state index is 12.6. The Morgan fingerprint density at radius 2 is 2.24 bits per heavy atom. The van der Waals surface area contributed by atoms with E-state index in [2.05, 4.69) is 10.3 Å². The molecule has 2 aromatic rings. The van der Waals surface area contributed by atoms with Crippen LogP contribution in [0.15, 0.2) is 27.8 Å². The van der Waals surface area contributed by atoms with Crippen molar-refractivity contribution in [3.8, 4) is 5.75 Å². The summed E-state index contributed by atoms with van der Waals surface area (Å²) in [5.41, 5.74) is -0.159. The number of rotatable bonds is 3. The fourth-order valence-electron chi connectivity index (χ4n) is 2.92. The molecule has 1 aromatic heterocycles. The normalized spacial score (nSPS) is 18.8. The lowest BCUT2D eigenvalue weighted by Crippen LogP contribution is -2.40. The van der Waals surface area contributed by atoms with Gasteiger partial charge in [-0.05, 0) is 44.0 Å². The van der Waals surface area contributed by atoms with Gasteiger partial charge >= 0.3 is 5.69 Å². The summed E-state index contributed by atoms with van der Waals surface area (Å²) in [6.07, 6.45) is 2.12. The van der Waals surface area contributed by atoms with Crippen molar-refractivity contribution in [2.24, 2.45) is 5.92 Å². The molecule has 1 fully saturated rings. The molecular weight excluding hydrogens is 270 g/mol. The quantitative estimate of drug-likeness (QED) is 0.872. The Morgan fingerprint density at radius 3 is 2.95 bits per heavy atom. The fraction of sp³-hybridized carbons (Fsp3) is 0.467. The number of para-hydroxylation sites is 1. The number of hydrogen-bond acceptors (Lipinski definition) is 4. The van der Waals surface area contributed by atoms with Crippen molar-refractivity contribution in [1.82, 2.24) is 14.9 Å². The van der Waals surface area contributed by atoms with Gasteiger partial charge in [-0.2, -0.15) is 0 Å². The molecule has 1 aliphatic heterocycles. The van der Waals surface area contributed by atoms with Crippen molar-refractivity contribution in [2.45, 2.75) is 19.4 Å². The monoisotopic (exact) mass is 289 g/mol. The van der Waals surface area contributed by atoms with E-state index in [0.29, 0.717) is 29.1 Å². The Bertz CT molecular complexity index is 757. The molecule has 2 N–H and O–H groups in total. The minimum Gasteiger partial charge on any atom is -0.495 e. The third-order valence-electron chi connectivity index (χ3n) is 4.04. The lowest BCUT2D eigenvalue weighted by molar-refractivity contribution is 0.329. The number of methoxy groups -OCH3 is 1. The first-order chi connectivity index (χ1) is 10.2. The summed E-state index contributed by atoms with van der Waals surface area (Å²) in [5.74, 6) is 0.828. The third-order valence-corrected chi connectivity index (χ3v) is 4.04. The van der Waals surface area contributed by atoms with Gasteiger partial charge in [-0.15, -0.1) is 0 Å². The van der Waals surface area contributed by atoms with E-state index in [1.165, 1.54) is 11.7 Å². The number of aromatic nitrogens is 2. The van der Waals surface area contributed by atoms with Crippen LogP contribution in [-0.2, 0) is 6.54 Å². The van der Waals surface area contributed by atoms with Crippen molar-refractivity contribution in [1.29, 1.82) is 0 Å². The molecule has 6 nitrogen and oxygen atoms in total. The van der Waals surface area contributed by atoms with Gasteiger partial charge in [-0.1, -0.05) is 6.07 Å². The van der Waals surface area contributed by atoms with Gasteiger partial charge in [0.25, 0.3) is 5.56 Å². The zero-order chi connectivity index (χ0) is 14.8. The second-order valence-corrected chi connectivity index (χ2v) is 5.44. The summed E-state index contributed by atoms with van der Waals surface area (Å²) < 4.78 is 6.50. The summed E-state index contributed by atoms with van der Waals surface area (Å²) in [4.78, 5) is 27.6. The number of H-pyrrole nitrogens is 1. The number of fused-ring (bicyclic) bond motifs is 1. The van der Waals surface area contributed by atoms with Gasteiger partial charge < -0.3 is 15.0 Å². The second-order valence-electron chi connectivity index (χ2n) is 5.44. The second kappa shape index (κ2) is 5.73. The molecule has 1 saturated heterocycles. The number of nitrogens with zero attached hydrogens (tertiary/aromatic N) is 1. The van der Waals surface area contributed by atoms with Crippen molar-refractivity contribution >= 4 is 10.9 Å². The number of aromatic amines is 1. The van der Waals surface area contributed by atoms with Crippen LogP contribution in [0.2, 0.25) is 0 Å². The van der Waals surface area contributed by atoms with E-state index in [4.69, 9.17) is 4.74 Å². The predicted molar refractivity (Wildman–Crippen MR) is 81.0 cm³/mol. The number of hydrogen-bond donors (Lipinski definition) is 2. The smallest absolute Gasteiger partial charge is 0.328 e. The fourth-order valence-corrected chi connectivity index (χ4v) is 2.92. The minimum absolute atomic E-state index is 0.252. The molecule has 2 heterocycles. The molecule has 0 aliphatic carbocycles. The molecule has 1 aromatic carbocycles. The first-order valence-electron chi connectivity index (χ1n) is 7.21. The van der Waals surface area contributed by atoms with Gasteiger partial charge in [0.2, 0.25) is 0 Å². The van der Waals surface area contributed by atoms with Crippen LogP contribution in [0.25, 0.3) is 10.9 Å². The Kier molecular flexibility index (Phi) is 3.79. The van der Waals surface area contributed by atoms with E-state index in [-0.39, 0.29) is 11.2 Å². The van der Waals surface area contributed by atoms with Gasteiger partial charge in [0, 0.05) is 6.54 Å². The average molecular weight is 289 g/mol. The molecule has 1 atom stereocenters. The number of ether oxygens (including phenoxy) is 1. The maximum absolute atomic E-state index is 12.6. The zero-order valence-corrected chi connectivity index (χ0v) is 12.0. The zero-order valence-electron chi connectivity index (χ0n) is 12.0. The molecular formula is C15H19N3O3. The van der Waals surface area contributed by atoms with Crippen LogP contribution in [0.3, 0.4) is 0 Å². The molecule has 1 aliphatic rings. The maximum Gasteiger partial charge on any atom is 0.328 e. The molecule has 0 amide bonds. The van der Waals surface area contributed by atoms with E-state index in [1.54, 1.807) is 18.2 Å². The van der Waals surface area contributed by atoms with Gasteiger partial charge in [0.15, 0.2) is 0 Å². The molecule has 3 rings (SSSR count). The molecule has 1 unspecified atom stereocenters. The number of nitrogens with one attached hydrogen (secondary N) is 2. The standard InChI is InChI=1S/C15H19N3O3/c1-21-12-6-2-5-11-13(12)17-15(20)18(14(11)19)9-10-4-3-7-16-8-10/h2,5-6,10,16H,3-4,7-9H2,1H3,(H,17,20). The SMILES string of the molecule is COc1cccc2c(=O)n(CC3CCCNC3)c(=O)[nH]c12. The highest BCUT2D eigenvalue weighted by atomic mass is 16.5. The van der Waals surface area contributed by atoms with Crippen LogP contribution < -0.4 is 21.3 Å². The summed E-state index contributed by atoms with van der Waals surface area (Å²) in [7, 11) is 1.52. The minimum atomic E-state index is -0.373. The first kappa shape index (κ1) is 13.9. The Hall–Kier alpha value is -2.08. The van der Waals surface area contributed by atoms with Gasteiger partial charge in [0.1, 0.15) is 5.75 Å². The van der Waals surface area contributed by atoms with Crippen molar-refractivity contribution in [3.63, 3.8) is 0 Å². The van der Waals surface area contributed by atoms with Gasteiger partial charge in [0.05, 0.1) is 18.0 Å². The molecule has 21 heavy (non-hydrogen) atoms. The summed E-state index contributed by atoms with van der Waals surface area (Å²) in [6.45, 7) is 2.31. The Balaban J connectivity index is 2.07. The lowest BCUT2D eigenvalue weighted by atomic mass is 10.00. The van der Waals surface area contributed by atoms with E-state index in [9.17, 15) is 9.59 Å². The molecule has 112 valence electrons. The van der Waals surface area contributed by atoms with Crippen LogP contribution in [0, 0.1) is 5.92 Å². The lowest BCUT2D eigenvalue weighted by Gasteiger charge is -2.23. The highest BCUT2D eigenvalue weighted by molar-refractivity contribution is 5.83. The predicted octanol–water partition coefficient (Wildman–Crippen LogP) is 0.698. The van der Waals surface area contributed by atoms with Crippen molar-refractivity contribution in [2.75, 3.05) is 20.2 Å². The van der Waals surface area contributed by atoms with Gasteiger partial charge in [-0.3, -0.25) is 9.36 Å². The summed E-state index contributed by atoms with van der Waals surface area (Å²) in [6, 6.07) is 5.20. The summed E-state index contributed by atoms with van der Waals surface area (Å²) in [5, 5.41) is 3.79. The molecule has 0 saturated carbocycles. The topological polar surface area (TPSA) is 76.1 Å². The molecule has 6 heteroatoms. The van der Waals surface area contributed by atoms with E-state index >= 15 is 0 Å². The van der Waals surface area contributed by atoms with Crippen molar-refractivity contribution in [3.05, 3.63) is 39.0 Å². The van der Waals surface area contributed by atoms with E-state index in [0.717, 1.165) is 25.9 Å².